The van der Waals surface area contributed by atoms with E-state index in [1.807, 2.05) is 0 Å². The molecule has 0 unspecified atom stereocenters. The van der Waals surface area contributed by atoms with Gasteiger partial charge in [-0.3, -0.25) is 4.79 Å². The molecule has 1 aromatic heterocycles. The molecule has 6 heteroatoms. The molecule has 1 heterocycles. The van der Waals surface area contributed by atoms with Gasteiger partial charge in [-0.2, -0.15) is 0 Å². The van der Waals surface area contributed by atoms with E-state index < -0.39 is 5.97 Å². The number of nitrogens with zero attached hydrogens (tertiary/aromatic N) is 2. The first-order valence-corrected chi connectivity index (χ1v) is 3.67. The highest BCUT2D eigenvalue weighted by molar-refractivity contribution is 8.00. The van der Waals surface area contributed by atoms with E-state index in [-0.39, 0.29) is 17.5 Å². The van der Waals surface area contributed by atoms with Gasteiger partial charge in [0.15, 0.2) is 0 Å². The van der Waals surface area contributed by atoms with Gasteiger partial charge in [0, 0.05) is 6.26 Å². The largest absolute Gasteiger partial charge is 0.481 e. The van der Waals surface area contributed by atoms with Crippen molar-refractivity contribution < 1.29 is 14.3 Å². The zero-order chi connectivity index (χ0) is 8.27. The highest BCUT2D eigenvalue weighted by atomic mass is 32.2. The van der Waals surface area contributed by atoms with Crippen molar-refractivity contribution in [3.63, 3.8) is 0 Å². The molecule has 0 aliphatic heterocycles. The van der Waals surface area contributed by atoms with Crippen molar-refractivity contribution in [2.45, 2.75) is 11.6 Å². The number of aliphatic carboxylic acids is 1. The Morgan fingerprint density at radius 1 is 1.73 bits per heavy atom. The average Bonchev–Trinajstić information content (AvgIpc) is 2.34. The first kappa shape index (κ1) is 8.06. The molecule has 0 aliphatic rings. The van der Waals surface area contributed by atoms with Crippen LogP contribution in [0.15, 0.2) is 9.64 Å². The number of thioether (sulfide) groups is 1. The minimum Gasteiger partial charge on any atom is -0.481 e. The van der Waals surface area contributed by atoms with E-state index >= 15 is 0 Å². The number of hydrogen-bond acceptors (Lipinski definition) is 5. The summed E-state index contributed by atoms with van der Waals surface area (Å²) < 4.78 is 4.84. The third-order valence-electron chi connectivity index (χ3n) is 0.874. The Morgan fingerprint density at radius 2 is 2.45 bits per heavy atom. The molecular formula is C5H5N2O3S. The number of carbonyl (C=O) groups is 1. The summed E-state index contributed by atoms with van der Waals surface area (Å²) in [7, 11) is 0. The van der Waals surface area contributed by atoms with Crippen molar-refractivity contribution in [3.8, 4) is 0 Å². The monoisotopic (exact) mass is 173 g/mol. The molecule has 0 aliphatic carbocycles. The summed E-state index contributed by atoms with van der Waals surface area (Å²) in [6.07, 6.45) is 3.18. The molecular weight excluding hydrogens is 168 g/mol. The lowest BCUT2D eigenvalue weighted by molar-refractivity contribution is -0.136. The van der Waals surface area contributed by atoms with Crippen LogP contribution in [0.4, 0.5) is 0 Å². The fourth-order valence-electron chi connectivity index (χ4n) is 0.497. The Balaban J connectivity index is 2.65. The Hall–Kier alpha value is -1.04. The lowest BCUT2D eigenvalue weighted by Gasteiger charge is -1.84. The van der Waals surface area contributed by atoms with Gasteiger partial charge in [0.1, 0.15) is 6.42 Å². The number of carboxylic acid groups (broad SMARTS) is 1. The molecule has 11 heavy (non-hydrogen) atoms. The molecule has 5 nitrogen and oxygen atoms in total. The quantitative estimate of drug-likeness (QED) is 0.674. The van der Waals surface area contributed by atoms with Crippen LogP contribution in [0.1, 0.15) is 5.89 Å². The van der Waals surface area contributed by atoms with Gasteiger partial charge in [-0.15, -0.1) is 10.2 Å². The first-order valence-electron chi connectivity index (χ1n) is 2.68. The molecule has 1 N–H and O–H groups in total. The Bertz CT molecular complexity index is 260. The van der Waals surface area contributed by atoms with E-state index in [1.54, 1.807) is 0 Å². The second kappa shape index (κ2) is 3.38. The van der Waals surface area contributed by atoms with Crippen LogP contribution >= 0.6 is 11.8 Å². The standard InChI is InChI=1S/C5H5N2O3S/c1-11-5-7-6-3(10-5)2-4(8)9/h1-2H2,(H,8,9). The highest BCUT2D eigenvalue weighted by Crippen LogP contribution is 2.13. The third kappa shape index (κ3) is 2.23. The Morgan fingerprint density at radius 3 is 2.91 bits per heavy atom. The summed E-state index contributed by atoms with van der Waals surface area (Å²) in [5.41, 5.74) is 0. The van der Waals surface area contributed by atoms with Gasteiger partial charge >= 0.3 is 5.97 Å². The average molecular weight is 173 g/mol. The minimum absolute atomic E-state index is 0.101. The lowest BCUT2D eigenvalue weighted by Crippen LogP contribution is -1.99. The summed E-state index contributed by atoms with van der Waals surface area (Å²) in [6, 6.07) is 0. The Kier molecular flexibility index (Phi) is 2.48. The zero-order valence-electron chi connectivity index (χ0n) is 5.48. The summed E-state index contributed by atoms with van der Waals surface area (Å²) in [5.74, 6) is -0.891. The van der Waals surface area contributed by atoms with Crippen LogP contribution in [-0.4, -0.2) is 21.3 Å². The molecule has 59 valence electrons. The van der Waals surface area contributed by atoms with E-state index in [2.05, 4.69) is 16.5 Å². The van der Waals surface area contributed by atoms with Gasteiger partial charge in [-0.05, 0) is 0 Å². The second-order valence-electron chi connectivity index (χ2n) is 1.68. The molecule has 0 bridgehead atoms. The topological polar surface area (TPSA) is 76.2 Å². The minimum atomic E-state index is -0.991. The van der Waals surface area contributed by atoms with Gasteiger partial charge in [0.2, 0.25) is 5.89 Å². The lowest BCUT2D eigenvalue weighted by atomic mass is 10.4. The number of rotatable bonds is 3. The molecule has 1 rings (SSSR count). The highest BCUT2D eigenvalue weighted by Gasteiger charge is 2.08. The van der Waals surface area contributed by atoms with Crippen molar-refractivity contribution in [1.29, 1.82) is 0 Å². The van der Waals surface area contributed by atoms with Crippen LogP contribution < -0.4 is 0 Å². The zero-order valence-corrected chi connectivity index (χ0v) is 6.30. The van der Waals surface area contributed by atoms with Crippen LogP contribution in [0, 0.1) is 6.26 Å². The number of carboxylic acids is 1. The molecule has 0 aromatic carbocycles. The maximum atomic E-state index is 10.1. The van der Waals surface area contributed by atoms with Gasteiger partial charge in [-0.25, -0.2) is 0 Å². The molecule has 0 spiro atoms. The summed E-state index contributed by atoms with van der Waals surface area (Å²) in [6.45, 7) is 0. The van der Waals surface area contributed by atoms with E-state index in [0.29, 0.717) is 0 Å². The molecule has 1 aromatic rings. The normalized spacial score (nSPS) is 9.91. The van der Waals surface area contributed by atoms with Crippen LogP contribution in [0.2, 0.25) is 0 Å². The molecule has 0 amide bonds. The van der Waals surface area contributed by atoms with Gasteiger partial charge in [0.05, 0.1) is 0 Å². The second-order valence-corrected chi connectivity index (χ2v) is 2.31. The SMILES string of the molecule is [CH2]Sc1nnc(CC(=O)O)o1. The van der Waals surface area contributed by atoms with E-state index in [1.165, 1.54) is 0 Å². The van der Waals surface area contributed by atoms with Gasteiger partial charge in [0.25, 0.3) is 5.22 Å². The predicted molar refractivity (Wildman–Crippen MR) is 36.9 cm³/mol. The predicted octanol–water partition coefficient (Wildman–Crippen LogP) is 0.580. The fraction of sp³-hybridized carbons (Fsp3) is 0.200. The van der Waals surface area contributed by atoms with Crippen LogP contribution in [0.5, 0.6) is 0 Å². The van der Waals surface area contributed by atoms with Crippen molar-refractivity contribution >= 4 is 17.7 Å². The fourth-order valence-corrected chi connectivity index (χ4v) is 0.751. The van der Waals surface area contributed by atoms with E-state index in [0.717, 1.165) is 11.8 Å². The van der Waals surface area contributed by atoms with Crippen LogP contribution in [0.25, 0.3) is 0 Å². The number of hydrogen-bond donors (Lipinski definition) is 1. The maximum absolute atomic E-state index is 10.1. The van der Waals surface area contributed by atoms with Gasteiger partial charge < -0.3 is 9.52 Å². The first-order chi connectivity index (χ1) is 5.22. The molecule has 0 saturated carbocycles. The molecule has 0 fully saturated rings. The number of aromatic nitrogens is 2. The van der Waals surface area contributed by atoms with Crippen molar-refractivity contribution in [2.24, 2.45) is 0 Å². The molecule has 0 atom stereocenters. The molecule has 1 radical (unpaired) electrons. The van der Waals surface area contributed by atoms with Crippen molar-refractivity contribution in [3.05, 3.63) is 12.1 Å². The van der Waals surface area contributed by atoms with E-state index in [4.69, 9.17) is 9.52 Å². The third-order valence-corrected chi connectivity index (χ3v) is 1.29. The summed E-state index contributed by atoms with van der Waals surface area (Å²) in [4.78, 5) is 10.1. The van der Waals surface area contributed by atoms with Crippen molar-refractivity contribution in [2.75, 3.05) is 0 Å². The van der Waals surface area contributed by atoms with E-state index in [9.17, 15) is 4.79 Å². The van der Waals surface area contributed by atoms with Crippen molar-refractivity contribution in [1.82, 2.24) is 10.2 Å². The Labute approximate surface area is 66.8 Å². The summed E-state index contributed by atoms with van der Waals surface area (Å²) in [5, 5.41) is 15.6. The van der Waals surface area contributed by atoms with Gasteiger partial charge in [-0.1, -0.05) is 11.8 Å². The summed E-state index contributed by atoms with van der Waals surface area (Å²) >= 11 is 1.03. The van der Waals surface area contributed by atoms with Crippen LogP contribution in [-0.2, 0) is 11.2 Å². The molecule has 0 saturated heterocycles. The smallest absolute Gasteiger partial charge is 0.312 e. The maximum Gasteiger partial charge on any atom is 0.312 e. The van der Waals surface area contributed by atoms with Crippen LogP contribution in [0.3, 0.4) is 0 Å².